The smallest absolute Gasteiger partial charge is 0.394 e. The summed E-state index contributed by atoms with van der Waals surface area (Å²) in [6.07, 6.45) is 3.32. The number of anilines is 2. The molecule has 1 aromatic heterocycles. The number of carbonyl (C=O) groups is 2. The minimum absolute atomic E-state index is 0.275. The number of nitrogens with one attached hydrogen (secondary N) is 4. The molecule has 0 bridgehead atoms. The highest BCUT2D eigenvalue weighted by Crippen LogP contribution is 2.13. The van der Waals surface area contributed by atoms with Gasteiger partial charge in [-0.2, -0.15) is 14.3 Å². The zero-order valence-corrected chi connectivity index (χ0v) is 18.2. The van der Waals surface area contributed by atoms with Crippen LogP contribution in [0.25, 0.3) is 0 Å². The van der Waals surface area contributed by atoms with Gasteiger partial charge in [0.15, 0.2) is 0 Å². The molecule has 0 spiro atoms. The van der Waals surface area contributed by atoms with Crippen molar-refractivity contribution in [3.05, 3.63) is 52.6 Å². The average molecular weight is 447 g/mol. The van der Waals surface area contributed by atoms with E-state index in [-0.39, 0.29) is 11.5 Å². The molecule has 0 fully saturated rings. The molecule has 1 aromatic carbocycles. The van der Waals surface area contributed by atoms with Crippen LogP contribution in [-0.4, -0.2) is 53.7 Å². The fourth-order valence-electron chi connectivity index (χ4n) is 2.68. The number of aliphatic hydroxyl groups excluding tert-OH is 1. The van der Waals surface area contributed by atoms with Gasteiger partial charge in [0.05, 0.1) is 19.3 Å². The number of nitrogens with two attached hydrogens (primary N) is 2. The normalized spacial score (nSPS) is 12.8. The SMILES string of the molecule is C[C@@](N)(CO)C(=O)Nc1ccc(C(=O)Nc2cc[n+](CCCNCCCN)c(=O)[nH]2)cc1. The fourth-order valence-corrected chi connectivity index (χ4v) is 2.68. The Balaban J connectivity index is 1.90. The van der Waals surface area contributed by atoms with Crippen LogP contribution in [0.1, 0.15) is 30.1 Å². The Morgan fingerprint density at radius 2 is 1.81 bits per heavy atom. The van der Waals surface area contributed by atoms with E-state index in [1.54, 1.807) is 24.4 Å². The highest BCUT2D eigenvalue weighted by molar-refractivity contribution is 6.04. The number of nitrogens with zero attached hydrogens (tertiary/aromatic N) is 1. The minimum Gasteiger partial charge on any atom is -0.394 e. The van der Waals surface area contributed by atoms with Crippen LogP contribution in [0.5, 0.6) is 0 Å². The Hall–Kier alpha value is -3.12. The summed E-state index contributed by atoms with van der Waals surface area (Å²) in [6.45, 7) is 3.74. The summed E-state index contributed by atoms with van der Waals surface area (Å²) in [6, 6.07) is 7.76. The number of hydrogen-bond acceptors (Lipinski definition) is 7. The van der Waals surface area contributed by atoms with Crippen molar-refractivity contribution in [2.24, 2.45) is 11.5 Å². The monoisotopic (exact) mass is 446 g/mol. The summed E-state index contributed by atoms with van der Waals surface area (Å²) < 4.78 is 1.54. The lowest BCUT2D eigenvalue weighted by Gasteiger charge is -2.20. The number of hydrogen-bond donors (Lipinski definition) is 7. The maximum Gasteiger partial charge on any atom is 0.497 e. The van der Waals surface area contributed by atoms with Crippen molar-refractivity contribution in [3.63, 3.8) is 0 Å². The molecule has 0 unspecified atom stereocenters. The number of aromatic nitrogens is 2. The molecule has 0 radical (unpaired) electrons. The molecule has 0 saturated heterocycles. The molecule has 2 rings (SSSR count). The lowest BCUT2D eigenvalue weighted by Crippen LogP contribution is -2.51. The highest BCUT2D eigenvalue weighted by Gasteiger charge is 2.27. The Morgan fingerprint density at radius 3 is 2.44 bits per heavy atom. The van der Waals surface area contributed by atoms with Gasteiger partial charge in [0, 0.05) is 17.3 Å². The van der Waals surface area contributed by atoms with Crippen LogP contribution in [0, 0.1) is 0 Å². The van der Waals surface area contributed by atoms with Crippen molar-refractivity contribution in [3.8, 4) is 0 Å². The van der Waals surface area contributed by atoms with E-state index in [0.29, 0.717) is 24.3 Å². The van der Waals surface area contributed by atoms with Crippen LogP contribution in [0.2, 0.25) is 0 Å². The van der Waals surface area contributed by atoms with Crippen LogP contribution in [-0.2, 0) is 11.3 Å². The van der Waals surface area contributed by atoms with Crippen LogP contribution in [0.15, 0.2) is 41.3 Å². The van der Waals surface area contributed by atoms with E-state index in [1.165, 1.54) is 23.6 Å². The minimum atomic E-state index is -1.41. The molecule has 0 aliphatic carbocycles. The molecule has 0 aliphatic heterocycles. The number of carbonyl (C=O) groups excluding carboxylic acids is 2. The van der Waals surface area contributed by atoms with Gasteiger partial charge in [0.25, 0.3) is 5.91 Å². The van der Waals surface area contributed by atoms with Crippen LogP contribution in [0.4, 0.5) is 11.5 Å². The van der Waals surface area contributed by atoms with E-state index in [4.69, 9.17) is 16.6 Å². The largest absolute Gasteiger partial charge is 0.497 e. The van der Waals surface area contributed by atoms with Crippen molar-refractivity contribution in [2.45, 2.75) is 31.8 Å². The topological polar surface area (TPSA) is 179 Å². The van der Waals surface area contributed by atoms with E-state index in [0.717, 1.165) is 25.9 Å². The standard InChI is InChI=1S/C21H31N7O4/c1-21(23,14-29)19(31)25-16-6-4-15(5-7-16)18(30)26-17-8-13-28(20(32)27-17)12-3-11-24-10-2-9-22/h4-8,13,24,29H,2-3,9-12,14,22-23H2,1H3,(H2,25,26,27,30,31,32)/p+1/t21-/m1/s1. The number of amides is 2. The van der Waals surface area contributed by atoms with Gasteiger partial charge in [-0.15, -0.1) is 0 Å². The van der Waals surface area contributed by atoms with Crippen molar-refractivity contribution in [1.82, 2.24) is 10.3 Å². The quantitative estimate of drug-likeness (QED) is 0.159. The third-order valence-electron chi connectivity index (χ3n) is 4.73. The van der Waals surface area contributed by atoms with Crippen LogP contribution < -0.4 is 37.7 Å². The molecule has 0 aliphatic rings. The maximum absolute atomic E-state index is 12.4. The Labute approximate surface area is 186 Å². The second-order valence-corrected chi connectivity index (χ2v) is 7.66. The predicted octanol–water partition coefficient (Wildman–Crippen LogP) is -1.11. The van der Waals surface area contributed by atoms with E-state index >= 15 is 0 Å². The second-order valence-electron chi connectivity index (χ2n) is 7.66. The van der Waals surface area contributed by atoms with Gasteiger partial charge in [0.2, 0.25) is 11.7 Å². The summed E-state index contributed by atoms with van der Waals surface area (Å²) in [4.78, 5) is 39.3. The molecule has 2 amide bonds. The molecule has 2 aromatic rings. The Bertz CT molecular complexity index is 957. The number of H-pyrrole nitrogens is 1. The van der Waals surface area contributed by atoms with Crippen molar-refractivity contribution >= 4 is 23.3 Å². The summed E-state index contributed by atoms with van der Waals surface area (Å²) in [5, 5.41) is 17.6. The van der Waals surface area contributed by atoms with Gasteiger partial charge >= 0.3 is 5.69 Å². The molecule has 1 atom stereocenters. The molecule has 11 nitrogen and oxygen atoms in total. The van der Waals surface area contributed by atoms with Gasteiger partial charge in [-0.25, -0.2) is 0 Å². The number of aliphatic hydroxyl groups is 1. The number of benzene rings is 1. The summed E-state index contributed by atoms with van der Waals surface area (Å²) >= 11 is 0. The summed E-state index contributed by atoms with van der Waals surface area (Å²) in [7, 11) is 0. The lowest BCUT2D eigenvalue weighted by atomic mass is 10.0. The van der Waals surface area contributed by atoms with E-state index in [2.05, 4.69) is 20.9 Å². The van der Waals surface area contributed by atoms with Gasteiger partial charge in [-0.05, 0) is 63.7 Å². The lowest BCUT2D eigenvalue weighted by molar-refractivity contribution is -0.713. The third kappa shape index (κ3) is 7.54. The zero-order chi connectivity index (χ0) is 23.6. The average Bonchev–Trinajstić information content (AvgIpc) is 2.77. The van der Waals surface area contributed by atoms with Crippen molar-refractivity contribution < 1.29 is 19.3 Å². The van der Waals surface area contributed by atoms with Crippen molar-refractivity contribution in [2.75, 3.05) is 36.9 Å². The van der Waals surface area contributed by atoms with E-state index in [9.17, 15) is 14.4 Å². The van der Waals surface area contributed by atoms with Crippen molar-refractivity contribution in [1.29, 1.82) is 0 Å². The first-order valence-corrected chi connectivity index (χ1v) is 10.4. The first kappa shape index (κ1) is 25.1. The number of aryl methyl sites for hydroxylation is 1. The zero-order valence-electron chi connectivity index (χ0n) is 18.2. The first-order chi connectivity index (χ1) is 15.3. The first-order valence-electron chi connectivity index (χ1n) is 10.4. The Morgan fingerprint density at radius 1 is 1.12 bits per heavy atom. The van der Waals surface area contributed by atoms with Gasteiger partial charge < -0.3 is 27.2 Å². The molecule has 11 heteroatoms. The summed E-state index contributed by atoms with van der Waals surface area (Å²) in [5.74, 6) is -0.686. The molecule has 0 saturated carbocycles. The van der Waals surface area contributed by atoms with E-state index < -0.39 is 24.0 Å². The van der Waals surface area contributed by atoms with Crippen LogP contribution in [0.3, 0.4) is 0 Å². The molecule has 174 valence electrons. The molecular formula is C21H32N7O4+. The van der Waals surface area contributed by atoms with E-state index in [1.807, 2.05) is 0 Å². The molecule has 9 N–H and O–H groups in total. The fraction of sp³-hybridized carbons (Fsp3) is 0.429. The van der Waals surface area contributed by atoms with Crippen LogP contribution >= 0.6 is 0 Å². The highest BCUT2D eigenvalue weighted by atomic mass is 16.3. The van der Waals surface area contributed by atoms with Gasteiger partial charge in [-0.1, -0.05) is 0 Å². The number of aromatic amines is 1. The Kier molecular flexibility index (Phi) is 9.47. The molecule has 1 heterocycles. The van der Waals surface area contributed by atoms with Gasteiger partial charge in [-0.3, -0.25) is 14.9 Å². The van der Waals surface area contributed by atoms with Gasteiger partial charge in [0.1, 0.15) is 5.54 Å². The third-order valence-corrected chi connectivity index (χ3v) is 4.73. The maximum atomic E-state index is 12.4. The summed E-state index contributed by atoms with van der Waals surface area (Å²) in [5.41, 5.74) is 10.2. The second kappa shape index (κ2) is 12.1. The molecule has 32 heavy (non-hydrogen) atoms. The molecular weight excluding hydrogens is 414 g/mol. The predicted molar refractivity (Wildman–Crippen MR) is 121 cm³/mol. The number of rotatable bonds is 12.